The molecule has 70 valence electrons. The second kappa shape index (κ2) is 3.12. The minimum atomic E-state index is 0.994. The van der Waals surface area contributed by atoms with Crippen molar-refractivity contribution in [3.05, 3.63) is 21.9 Å². The molecule has 0 amide bonds. The van der Waals surface area contributed by atoms with E-state index in [0.29, 0.717) is 0 Å². The Morgan fingerprint density at radius 2 is 1.27 bits per heavy atom. The third-order valence-corrected chi connectivity index (χ3v) is 5.75. The SMILES string of the molecule is C#Cc1cc2sc3cc(C#C)sc3c2s1. The molecular weight excluding hydrogens is 240 g/mol. The van der Waals surface area contributed by atoms with Crippen LogP contribution in [0.1, 0.15) is 9.75 Å². The van der Waals surface area contributed by atoms with Crippen molar-refractivity contribution in [2.75, 3.05) is 0 Å². The molecule has 0 bridgehead atoms. The molecule has 3 heterocycles. The lowest BCUT2D eigenvalue weighted by Crippen LogP contribution is -1.53. The Kier molecular flexibility index (Phi) is 1.87. The van der Waals surface area contributed by atoms with Gasteiger partial charge in [0.15, 0.2) is 0 Å². The third-order valence-electron chi connectivity index (χ3n) is 2.11. The molecule has 3 aromatic rings. The maximum Gasteiger partial charge on any atom is 0.0787 e. The van der Waals surface area contributed by atoms with Crippen LogP contribution >= 0.6 is 34.0 Å². The van der Waals surface area contributed by atoms with Gasteiger partial charge in [0.2, 0.25) is 0 Å². The van der Waals surface area contributed by atoms with Gasteiger partial charge in [0, 0.05) is 9.40 Å². The van der Waals surface area contributed by atoms with Crippen LogP contribution in [0.5, 0.6) is 0 Å². The van der Waals surface area contributed by atoms with E-state index in [4.69, 9.17) is 12.8 Å². The van der Waals surface area contributed by atoms with Crippen molar-refractivity contribution in [1.29, 1.82) is 0 Å². The molecule has 0 aliphatic heterocycles. The van der Waals surface area contributed by atoms with Crippen LogP contribution in [0.25, 0.3) is 18.8 Å². The van der Waals surface area contributed by atoms with Gasteiger partial charge in [-0.3, -0.25) is 0 Å². The minimum Gasteiger partial charge on any atom is -0.133 e. The van der Waals surface area contributed by atoms with Gasteiger partial charge in [-0.15, -0.1) is 46.9 Å². The summed E-state index contributed by atoms with van der Waals surface area (Å²) in [4.78, 5) is 1.99. The lowest BCUT2D eigenvalue weighted by atomic mass is 10.4. The standard InChI is InChI=1S/C12H4S3/c1-3-7-5-9-11(13-7)12-10(15-9)6-8(4-2)14-12/h1-2,5-6H. The molecule has 0 spiro atoms. The van der Waals surface area contributed by atoms with Crippen molar-refractivity contribution in [3.63, 3.8) is 0 Å². The first kappa shape index (κ1) is 9.00. The Labute approximate surface area is 99.2 Å². The van der Waals surface area contributed by atoms with Crippen molar-refractivity contribution in [2.24, 2.45) is 0 Å². The second-order valence-electron chi connectivity index (χ2n) is 3.00. The fourth-order valence-corrected chi connectivity index (χ4v) is 5.12. The number of rotatable bonds is 0. The summed E-state index contributed by atoms with van der Waals surface area (Å²) in [6, 6.07) is 4.15. The van der Waals surface area contributed by atoms with Crippen LogP contribution in [0.3, 0.4) is 0 Å². The number of hydrogen-bond acceptors (Lipinski definition) is 3. The van der Waals surface area contributed by atoms with Gasteiger partial charge in [0.1, 0.15) is 0 Å². The molecule has 3 rings (SSSR count). The van der Waals surface area contributed by atoms with Crippen molar-refractivity contribution < 1.29 is 0 Å². The highest BCUT2D eigenvalue weighted by Crippen LogP contribution is 2.43. The van der Waals surface area contributed by atoms with Gasteiger partial charge in [0.05, 0.1) is 19.2 Å². The number of terminal acetylenes is 2. The highest BCUT2D eigenvalue weighted by molar-refractivity contribution is 7.38. The number of fused-ring (bicyclic) bond motifs is 3. The van der Waals surface area contributed by atoms with Gasteiger partial charge in [-0.05, 0) is 12.1 Å². The number of thiophene rings is 3. The molecule has 3 heteroatoms. The Morgan fingerprint density at radius 3 is 1.67 bits per heavy atom. The number of hydrogen-bond donors (Lipinski definition) is 0. The van der Waals surface area contributed by atoms with Gasteiger partial charge < -0.3 is 0 Å². The van der Waals surface area contributed by atoms with E-state index in [1.807, 2.05) is 0 Å². The molecule has 0 aliphatic carbocycles. The first-order chi connectivity index (χ1) is 7.31. The van der Waals surface area contributed by atoms with Crippen LogP contribution in [0, 0.1) is 24.7 Å². The van der Waals surface area contributed by atoms with Crippen molar-refractivity contribution in [2.45, 2.75) is 0 Å². The predicted octanol–water partition coefficient (Wildman–Crippen LogP) is 4.14. The van der Waals surface area contributed by atoms with Gasteiger partial charge in [-0.25, -0.2) is 0 Å². The smallest absolute Gasteiger partial charge is 0.0787 e. The molecule has 0 atom stereocenters. The largest absolute Gasteiger partial charge is 0.133 e. The molecule has 15 heavy (non-hydrogen) atoms. The summed E-state index contributed by atoms with van der Waals surface area (Å²) in [5.74, 6) is 5.35. The van der Waals surface area contributed by atoms with Crippen molar-refractivity contribution in [1.82, 2.24) is 0 Å². The van der Waals surface area contributed by atoms with Crippen LogP contribution in [0.15, 0.2) is 12.1 Å². The highest BCUT2D eigenvalue weighted by atomic mass is 32.1. The maximum absolute atomic E-state index is 5.38. The predicted molar refractivity (Wildman–Crippen MR) is 71.0 cm³/mol. The van der Waals surface area contributed by atoms with Crippen LogP contribution in [0.2, 0.25) is 0 Å². The molecule has 0 aliphatic rings. The summed E-state index contributed by atoms with van der Waals surface area (Å²) >= 11 is 5.11. The quantitative estimate of drug-likeness (QED) is 0.521. The molecule has 3 aromatic heterocycles. The van der Waals surface area contributed by atoms with E-state index in [1.165, 1.54) is 18.8 Å². The lowest BCUT2D eigenvalue weighted by Gasteiger charge is -1.76. The molecule has 0 unspecified atom stereocenters. The molecule has 0 fully saturated rings. The molecule has 0 aromatic carbocycles. The topological polar surface area (TPSA) is 0 Å². The van der Waals surface area contributed by atoms with E-state index >= 15 is 0 Å². The summed E-state index contributed by atoms with van der Waals surface area (Å²) in [5.41, 5.74) is 0. The first-order valence-electron chi connectivity index (χ1n) is 4.21. The van der Waals surface area contributed by atoms with Crippen LogP contribution < -0.4 is 0 Å². The van der Waals surface area contributed by atoms with E-state index in [-0.39, 0.29) is 0 Å². The fourth-order valence-electron chi connectivity index (χ4n) is 1.48. The van der Waals surface area contributed by atoms with Gasteiger partial charge in [-0.2, -0.15) is 0 Å². The normalized spacial score (nSPS) is 10.5. The molecule has 0 saturated heterocycles. The van der Waals surface area contributed by atoms with Crippen molar-refractivity contribution >= 4 is 52.8 Å². The van der Waals surface area contributed by atoms with E-state index < -0.39 is 0 Å². The fraction of sp³-hybridized carbons (Fsp3) is 0. The first-order valence-corrected chi connectivity index (χ1v) is 6.66. The Hall–Kier alpha value is -1.26. The van der Waals surface area contributed by atoms with Crippen LogP contribution in [-0.4, -0.2) is 0 Å². The van der Waals surface area contributed by atoms with E-state index in [0.717, 1.165) is 9.75 Å². The Bertz CT molecular complexity index is 674. The minimum absolute atomic E-state index is 0.994. The van der Waals surface area contributed by atoms with E-state index in [9.17, 15) is 0 Å². The zero-order valence-electron chi connectivity index (χ0n) is 7.53. The summed E-state index contributed by atoms with van der Waals surface area (Å²) in [5, 5.41) is 0. The molecule has 0 N–H and O–H groups in total. The summed E-state index contributed by atoms with van der Waals surface area (Å²) < 4.78 is 5.12. The molecule has 0 radical (unpaired) electrons. The summed E-state index contributed by atoms with van der Waals surface area (Å²) in [6.45, 7) is 0. The van der Waals surface area contributed by atoms with Gasteiger partial charge in [0.25, 0.3) is 0 Å². The Balaban J connectivity index is 2.44. The van der Waals surface area contributed by atoms with Gasteiger partial charge in [-0.1, -0.05) is 11.8 Å². The van der Waals surface area contributed by atoms with E-state index in [1.54, 1.807) is 34.0 Å². The highest BCUT2D eigenvalue weighted by Gasteiger charge is 2.11. The third kappa shape index (κ3) is 1.22. The van der Waals surface area contributed by atoms with Crippen LogP contribution in [0.4, 0.5) is 0 Å². The lowest BCUT2D eigenvalue weighted by molar-refractivity contribution is 2.06. The second-order valence-corrected chi connectivity index (χ2v) is 6.19. The summed E-state index contributed by atoms with van der Waals surface area (Å²) in [7, 11) is 0. The molecule has 0 nitrogen and oxygen atoms in total. The van der Waals surface area contributed by atoms with Crippen molar-refractivity contribution in [3.8, 4) is 24.7 Å². The average molecular weight is 244 g/mol. The molecule has 0 saturated carbocycles. The summed E-state index contributed by atoms with van der Waals surface area (Å²) in [6.07, 6.45) is 10.8. The zero-order chi connectivity index (χ0) is 10.4. The van der Waals surface area contributed by atoms with Gasteiger partial charge >= 0.3 is 0 Å². The van der Waals surface area contributed by atoms with E-state index in [2.05, 4.69) is 24.0 Å². The monoisotopic (exact) mass is 244 g/mol. The molecular formula is C12H4S3. The average Bonchev–Trinajstić information content (AvgIpc) is 2.85. The zero-order valence-corrected chi connectivity index (χ0v) is 9.98. The Morgan fingerprint density at radius 1 is 0.800 bits per heavy atom. The maximum atomic E-state index is 5.38. The van der Waals surface area contributed by atoms with Crippen LogP contribution in [-0.2, 0) is 0 Å².